The van der Waals surface area contributed by atoms with Crippen LogP contribution >= 0.6 is 0 Å². The lowest BCUT2D eigenvalue weighted by atomic mass is 9.80. The van der Waals surface area contributed by atoms with Crippen LogP contribution in [0.5, 0.6) is 0 Å². The van der Waals surface area contributed by atoms with Crippen LogP contribution in [0.4, 0.5) is 0 Å². The summed E-state index contributed by atoms with van der Waals surface area (Å²) in [7, 11) is 0. The Labute approximate surface area is 105 Å². The van der Waals surface area contributed by atoms with E-state index in [1.807, 2.05) is 0 Å². The first kappa shape index (κ1) is 12.9. The maximum absolute atomic E-state index is 12.1. The van der Waals surface area contributed by atoms with Gasteiger partial charge >= 0.3 is 0 Å². The van der Waals surface area contributed by atoms with Crippen molar-refractivity contribution in [2.24, 2.45) is 11.3 Å². The number of amides is 1. The van der Waals surface area contributed by atoms with E-state index in [-0.39, 0.29) is 0 Å². The normalized spacial score (nSPS) is 25.5. The molecule has 1 amide bonds. The molecule has 1 aliphatic carbocycles. The Morgan fingerprint density at radius 1 is 1.24 bits per heavy atom. The highest BCUT2D eigenvalue weighted by molar-refractivity contribution is 5.78. The van der Waals surface area contributed by atoms with Crippen LogP contribution in [0.2, 0.25) is 0 Å². The van der Waals surface area contributed by atoms with Crippen LogP contribution in [-0.4, -0.2) is 25.5 Å². The summed E-state index contributed by atoms with van der Waals surface area (Å²) >= 11 is 0. The molecule has 0 atom stereocenters. The lowest BCUT2D eigenvalue weighted by Crippen LogP contribution is -2.44. The van der Waals surface area contributed by atoms with Crippen molar-refractivity contribution < 1.29 is 4.79 Å². The Hall–Kier alpha value is -0.570. The van der Waals surface area contributed by atoms with Crippen molar-refractivity contribution in [1.29, 1.82) is 0 Å². The summed E-state index contributed by atoms with van der Waals surface area (Å²) in [5, 5.41) is 6.57. The van der Waals surface area contributed by atoms with Gasteiger partial charge in [-0.25, -0.2) is 0 Å². The highest BCUT2D eigenvalue weighted by Gasteiger charge is 2.28. The van der Waals surface area contributed by atoms with E-state index >= 15 is 0 Å². The molecule has 1 saturated heterocycles. The Balaban J connectivity index is 1.74. The predicted molar refractivity (Wildman–Crippen MR) is 69.8 cm³/mol. The highest BCUT2D eigenvalue weighted by atomic mass is 16.1. The monoisotopic (exact) mass is 238 g/mol. The Kier molecular flexibility index (Phi) is 4.43. The number of piperidine rings is 1. The summed E-state index contributed by atoms with van der Waals surface area (Å²) in [5.74, 6) is 0.610. The third kappa shape index (κ3) is 3.70. The molecule has 0 spiro atoms. The number of carbonyl (C=O) groups is 1. The SMILES string of the molecule is CC1(CNC(=O)C2CCCCC2)CCNCC1. The molecular formula is C14H26N2O. The molecule has 0 radical (unpaired) electrons. The summed E-state index contributed by atoms with van der Waals surface area (Å²) in [6.45, 7) is 5.35. The number of hydrogen-bond acceptors (Lipinski definition) is 2. The van der Waals surface area contributed by atoms with Crippen LogP contribution in [-0.2, 0) is 4.79 Å². The van der Waals surface area contributed by atoms with Crippen LogP contribution < -0.4 is 10.6 Å². The van der Waals surface area contributed by atoms with Crippen LogP contribution in [0.3, 0.4) is 0 Å². The molecule has 0 bridgehead atoms. The molecule has 2 N–H and O–H groups in total. The van der Waals surface area contributed by atoms with E-state index in [1.54, 1.807) is 0 Å². The first-order valence-electron chi connectivity index (χ1n) is 7.18. The quantitative estimate of drug-likeness (QED) is 0.790. The van der Waals surface area contributed by atoms with E-state index in [4.69, 9.17) is 0 Å². The summed E-state index contributed by atoms with van der Waals surface area (Å²) in [6, 6.07) is 0. The van der Waals surface area contributed by atoms with E-state index in [0.29, 0.717) is 17.2 Å². The standard InChI is InChI=1S/C14H26N2O/c1-14(7-9-15-10-8-14)11-16-13(17)12-5-3-2-4-6-12/h12,15H,2-11H2,1H3,(H,16,17). The largest absolute Gasteiger partial charge is 0.355 e. The van der Waals surface area contributed by atoms with Crippen molar-refractivity contribution in [1.82, 2.24) is 10.6 Å². The lowest BCUT2D eigenvalue weighted by Gasteiger charge is -2.34. The van der Waals surface area contributed by atoms with Crippen LogP contribution in [0.15, 0.2) is 0 Å². The second-order valence-electron chi connectivity index (χ2n) is 6.11. The number of rotatable bonds is 3. The number of nitrogens with one attached hydrogen (secondary N) is 2. The topological polar surface area (TPSA) is 41.1 Å². The Morgan fingerprint density at radius 3 is 2.53 bits per heavy atom. The predicted octanol–water partition coefficient (Wildman–Crippen LogP) is 2.07. The summed E-state index contributed by atoms with van der Waals surface area (Å²) in [6.07, 6.45) is 8.34. The average Bonchev–Trinajstić information content (AvgIpc) is 2.38. The van der Waals surface area contributed by atoms with Crippen LogP contribution in [0.25, 0.3) is 0 Å². The minimum absolute atomic E-state index is 0.300. The fourth-order valence-electron chi connectivity index (χ4n) is 3.02. The number of carbonyl (C=O) groups excluding carboxylic acids is 1. The van der Waals surface area contributed by atoms with E-state index in [9.17, 15) is 4.79 Å². The first-order valence-corrected chi connectivity index (χ1v) is 7.18. The molecule has 1 heterocycles. The molecule has 0 aromatic heterocycles. The molecule has 2 rings (SSSR count). The maximum atomic E-state index is 12.1. The van der Waals surface area contributed by atoms with E-state index in [2.05, 4.69) is 17.6 Å². The van der Waals surface area contributed by atoms with Crippen LogP contribution in [0.1, 0.15) is 51.9 Å². The van der Waals surface area contributed by atoms with Crippen molar-refractivity contribution in [3.8, 4) is 0 Å². The van der Waals surface area contributed by atoms with Gasteiger partial charge in [-0.15, -0.1) is 0 Å². The number of hydrogen-bond donors (Lipinski definition) is 2. The van der Waals surface area contributed by atoms with Gasteiger partial charge in [-0.1, -0.05) is 26.2 Å². The summed E-state index contributed by atoms with van der Waals surface area (Å²) in [5.41, 5.74) is 0.315. The minimum Gasteiger partial charge on any atom is -0.355 e. The lowest BCUT2D eigenvalue weighted by molar-refractivity contribution is -0.126. The third-order valence-corrected chi connectivity index (χ3v) is 4.48. The molecule has 3 nitrogen and oxygen atoms in total. The zero-order chi connectivity index (χ0) is 12.1. The summed E-state index contributed by atoms with van der Waals surface area (Å²) < 4.78 is 0. The molecule has 2 aliphatic rings. The van der Waals surface area contributed by atoms with Gasteiger partial charge in [0.2, 0.25) is 5.91 Å². The highest BCUT2D eigenvalue weighted by Crippen LogP contribution is 2.28. The maximum Gasteiger partial charge on any atom is 0.223 e. The van der Waals surface area contributed by atoms with Crippen molar-refractivity contribution in [3.05, 3.63) is 0 Å². The molecule has 17 heavy (non-hydrogen) atoms. The Bertz CT molecular complexity index is 253. The second-order valence-corrected chi connectivity index (χ2v) is 6.11. The average molecular weight is 238 g/mol. The fraction of sp³-hybridized carbons (Fsp3) is 0.929. The van der Waals surface area contributed by atoms with Gasteiger partial charge in [0.05, 0.1) is 0 Å². The van der Waals surface area contributed by atoms with E-state index in [1.165, 1.54) is 32.1 Å². The molecule has 1 saturated carbocycles. The second kappa shape index (κ2) is 5.85. The van der Waals surface area contributed by atoms with Crippen molar-refractivity contribution in [2.45, 2.75) is 51.9 Å². The smallest absolute Gasteiger partial charge is 0.223 e. The van der Waals surface area contributed by atoms with Gasteiger partial charge in [0.1, 0.15) is 0 Å². The molecule has 98 valence electrons. The first-order chi connectivity index (χ1) is 8.20. The van der Waals surface area contributed by atoms with Gasteiger partial charge in [-0.2, -0.15) is 0 Å². The van der Waals surface area contributed by atoms with Crippen LogP contribution in [0, 0.1) is 11.3 Å². The van der Waals surface area contributed by atoms with Gasteiger partial charge in [-0.3, -0.25) is 4.79 Å². The molecule has 0 aromatic carbocycles. The fourth-order valence-corrected chi connectivity index (χ4v) is 3.02. The van der Waals surface area contributed by atoms with Crippen molar-refractivity contribution in [2.75, 3.05) is 19.6 Å². The zero-order valence-electron chi connectivity index (χ0n) is 11.1. The van der Waals surface area contributed by atoms with Gasteiger partial charge in [0.15, 0.2) is 0 Å². The van der Waals surface area contributed by atoms with Crippen molar-refractivity contribution in [3.63, 3.8) is 0 Å². The van der Waals surface area contributed by atoms with Gasteiger partial charge in [0.25, 0.3) is 0 Å². The molecule has 2 fully saturated rings. The summed E-state index contributed by atoms with van der Waals surface area (Å²) in [4.78, 5) is 12.1. The van der Waals surface area contributed by atoms with E-state index in [0.717, 1.165) is 32.5 Å². The van der Waals surface area contributed by atoms with Crippen molar-refractivity contribution >= 4 is 5.91 Å². The van der Waals surface area contributed by atoms with Gasteiger partial charge in [-0.05, 0) is 44.2 Å². The molecule has 3 heteroatoms. The minimum atomic E-state index is 0.300. The van der Waals surface area contributed by atoms with Gasteiger partial charge < -0.3 is 10.6 Å². The molecule has 0 aromatic rings. The van der Waals surface area contributed by atoms with E-state index < -0.39 is 0 Å². The van der Waals surface area contributed by atoms with Gasteiger partial charge in [0, 0.05) is 12.5 Å². The zero-order valence-corrected chi connectivity index (χ0v) is 11.1. The third-order valence-electron chi connectivity index (χ3n) is 4.48. The molecule has 0 unspecified atom stereocenters. The molecular weight excluding hydrogens is 212 g/mol. The Morgan fingerprint density at radius 2 is 1.88 bits per heavy atom. The molecule has 1 aliphatic heterocycles.